The summed E-state index contributed by atoms with van der Waals surface area (Å²) in [5.41, 5.74) is 0. The van der Waals surface area contributed by atoms with Crippen molar-refractivity contribution in [2.75, 3.05) is 47.3 Å². The molecule has 0 aromatic heterocycles. The molecule has 7 nitrogen and oxygen atoms in total. The van der Waals surface area contributed by atoms with Crippen LogP contribution >= 0.6 is 0 Å². The second kappa shape index (κ2) is 24.7. The minimum absolute atomic E-state index is 0.166. The van der Waals surface area contributed by atoms with Crippen molar-refractivity contribution in [3.63, 3.8) is 0 Å². The molecule has 0 spiro atoms. The average molecular weight is 482 g/mol. The van der Waals surface area contributed by atoms with Crippen LogP contribution in [0.2, 0.25) is 0 Å². The van der Waals surface area contributed by atoms with Gasteiger partial charge in [0.2, 0.25) is 11.8 Å². The highest BCUT2D eigenvalue weighted by Crippen LogP contribution is 2.10. The Morgan fingerprint density at radius 1 is 0.618 bits per heavy atom. The van der Waals surface area contributed by atoms with Crippen molar-refractivity contribution in [3.05, 3.63) is 12.2 Å². The zero-order valence-electron chi connectivity index (χ0n) is 22.6. The first kappa shape index (κ1) is 32.6. The minimum Gasteiger partial charge on any atom is -0.356 e. The molecule has 7 heteroatoms. The Balaban J connectivity index is 3.28. The van der Waals surface area contributed by atoms with Crippen molar-refractivity contribution < 1.29 is 9.59 Å². The fraction of sp³-hybridized carbons (Fsp3) is 0.852. The SMILES string of the molecule is CN(C)CCCNC(=O)CCCCCCC/C=C/CCCCCCCC(=O)NCCCN(C)N. The second-order valence-corrected chi connectivity index (χ2v) is 9.78. The Hall–Kier alpha value is -1.44. The molecule has 200 valence electrons. The highest BCUT2D eigenvalue weighted by molar-refractivity contribution is 5.76. The number of nitrogens with two attached hydrogens (primary N) is 1. The molecule has 34 heavy (non-hydrogen) atoms. The summed E-state index contributed by atoms with van der Waals surface area (Å²) in [7, 11) is 5.94. The summed E-state index contributed by atoms with van der Waals surface area (Å²) in [4.78, 5) is 25.6. The predicted molar refractivity (Wildman–Crippen MR) is 144 cm³/mol. The van der Waals surface area contributed by atoms with Gasteiger partial charge in [-0.15, -0.1) is 0 Å². The lowest BCUT2D eigenvalue weighted by molar-refractivity contribution is -0.122. The molecule has 0 atom stereocenters. The van der Waals surface area contributed by atoms with E-state index in [1.54, 1.807) is 5.01 Å². The van der Waals surface area contributed by atoms with Crippen LogP contribution < -0.4 is 16.5 Å². The monoisotopic (exact) mass is 481 g/mol. The van der Waals surface area contributed by atoms with Crippen molar-refractivity contribution in [2.24, 2.45) is 5.84 Å². The molecule has 4 N–H and O–H groups in total. The highest BCUT2D eigenvalue weighted by atomic mass is 16.2. The summed E-state index contributed by atoms with van der Waals surface area (Å²) in [6, 6.07) is 0. The number of hydrogen-bond donors (Lipinski definition) is 3. The molecular formula is C27H55N5O2. The van der Waals surface area contributed by atoms with Crippen LogP contribution in [0, 0.1) is 0 Å². The van der Waals surface area contributed by atoms with Crippen LogP contribution in [0.1, 0.15) is 103 Å². The lowest BCUT2D eigenvalue weighted by atomic mass is 10.1. The zero-order valence-corrected chi connectivity index (χ0v) is 22.6. The van der Waals surface area contributed by atoms with Crippen LogP contribution in [0.4, 0.5) is 0 Å². The standard InChI is InChI=1S/C27H55N5O2/c1-31(2)24-18-22-29-26(33)20-16-14-12-10-8-6-4-5-7-9-11-13-15-17-21-27(34)30-23-19-25-32(3)28/h4-5H,6-25,28H2,1-3H3,(H,29,33)(H,30,34)/b5-4+. The Morgan fingerprint density at radius 3 is 1.47 bits per heavy atom. The number of carbonyl (C=O) groups excluding carboxylic acids is 2. The van der Waals surface area contributed by atoms with Gasteiger partial charge in [-0.3, -0.25) is 20.4 Å². The molecule has 0 bridgehead atoms. The lowest BCUT2D eigenvalue weighted by Gasteiger charge is -2.09. The van der Waals surface area contributed by atoms with E-state index in [-0.39, 0.29) is 11.8 Å². The third-order valence-corrected chi connectivity index (χ3v) is 5.83. The summed E-state index contributed by atoms with van der Waals surface area (Å²) < 4.78 is 0. The fourth-order valence-electron chi connectivity index (χ4n) is 3.75. The first-order valence-corrected chi connectivity index (χ1v) is 13.7. The molecule has 0 aliphatic heterocycles. The van der Waals surface area contributed by atoms with E-state index in [1.807, 2.05) is 7.05 Å². The van der Waals surface area contributed by atoms with E-state index in [4.69, 9.17) is 5.84 Å². The second-order valence-electron chi connectivity index (χ2n) is 9.78. The molecule has 0 heterocycles. The third-order valence-electron chi connectivity index (χ3n) is 5.83. The van der Waals surface area contributed by atoms with Gasteiger partial charge in [-0.2, -0.15) is 0 Å². The largest absolute Gasteiger partial charge is 0.356 e. The zero-order chi connectivity index (χ0) is 25.3. The first-order chi connectivity index (χ1) is 16.4. The molecule has 0 unspecified atom stereocenters. The number of carbonyl (C=O) groups is 2. The molecule has 0 rings (SSSR count). The lowest BCUT2D eigenvalue weighted by Crippen LogP contribution is -2.31. The number of rotatable bonds is 24. The Labute approximate surface area is 210 Å². The fourth-order valence-corrected chi connectivity index (χ4v) is 3.75. The molecule has 0 saturated heterocycles. The van der Waals surface area contributed by atoms with Gasteiger partial charge >= 0.3 is 0 Å². The molecule has 0 fully saturated rings. The van der Waals surface area contributed by atoms with E-state index in [0.717, 1.165) is 58.2 Å². The van der Waals surface area contributed by atoms with Crippen molar-refractivity contribution in [3.8, 4) is 0 Å². The molecule has 0 aliphatic carbocycles. The third kappa shape index (κ3) is 26.8. The summed E-state index contributed by atoms with van der Waals surface area (Å²) in [6.45, 7) is 3.32. The van der Waals surface area contributed by atoms with Crippen LogP contribution in [0.3, 0.4) is 0 Å². The summed E-state index contributed by atoms with van der Waals surface area (Å²) in [5.74, 6) is 5.91. The summed E-state index contributed by atoms with van der Waals surface area (Å²) >= 11 is 0. The topological polar surface area (TPSA) is 90.7 Å². The van der Waals surface area contributed by atoms with E-state index in [0.29, 0.717) is 19.4 Å². The van der Waals surface area contributed by atoms with Gasteiger partial charge in [0, 0.05) is 39.5 Å². The number of unbranched alkanes of at least 4 members (excludes halogenated alkanes) is 10. The number of hydrogen-bond acceptors (Lipinski definition) is 5. The maximum Gasteiger partial charge on any atom is 0.219 e. The first-order valence-electron chi connectivity index (χ1n) is 13.7. The van der Waals surface area contributed by atoms with Crippen LogP contribution in [-0.2, 0) is 9.59 Å². The smallest absolute Gasteiger partial charge is 0.219 e. The molecule has 0 aliphatic rings. The Kier molecular flexibility index (Phi) is 23.6. The Morgan fingerprint density at radius 2 is 1.03 bits per heavy atom. The minimum atomic E-state index is 0.166. The number of hydrazine groups is 1. The number of nitrogens with one attached hydrogen (secondary N) is 2. The highest BCUT2D eigenvalue weighted by Gasteiger charge is 2.02. The van der Waals surface area contributed by atoms with E-state index in [2.05, 4.69) is 41.8 Å². The van der Waals surface area contributed by atoms with Gasteiger partial charge < -0.3 is 15.5 Å². The van der Waals surface area contributed by atoms with E-state index < -0.39 is 0 Å². The maximum absolute atomic E-state index is 11.8. The van der Waals surface area contributed by atoms with Crippen LogP contribution in [0.5, 0.6) is 0 Å². The van der Waals surface area contributed by atoms with Gasteiger partial charge in [-0.1, -0.05) is 50.7 Å². The van der Waals surface area contributed by atoms with E-state index >= 15 is 0 Å². The van der Waals surface area contributed by atoms with Crippen molar-refractivity contribution >= 4 is 11.8 Å². The van der Waals surface area contributed by atoms with Crippen LogP contribution in [0.25, 0.3) is 0 Å². The van der Waals surface area contributed by atoms with Gasteiger partial charge in [0.15, 0.2) is 0 Å². The number of amides is 2. The summed E-state index contributed by atoms with van der Waals surface area (Å²) in [6.07, 6.45) is 21.9. The molecular weight excluding hydrogens is 426 g/mol. The van der Waals surface area contributed by atoms with Gasteiger partial charge in [-0.05, 0) is 72.0 Å². The van der Waals surface area contributed by atoms with Crippen LogP contribution in [-0.4, -0.2) is 69.0 Å². The molecule has 0 radical (unpaired) electrons. The van der Waals surface area contributed by atoms with E-state index in [9.17, 15) is 9.59 Å². The summed E-state index contributed by atoms with van der Waals surface area (Å²) in [5, 5.41) is 7.61. The van der Waals surface area contributed by atoms with E-state index in [1.165, 1.54) is 51.4 Å². The molecule has 2 amide bonds. The van der Waals surface area contributed by atoms with Gasteiger partial charge in [0.05, 0.1) is 0 Å². The maximum atomic E-state index is 11.8. The van der Waals surface area contributed by atoms with Crippen LogP contribution in [0.15, 0.2) is 12.2 Å². The van der Waals surface area contributed by atoms with Crippen molar-refractivity contribution in [2.45, 2.75) is 103 Å². The quantitative estimate of drug-likeness (QED) is 0.0823. The van der Waals surface area contributed by atoms with Gasteiger partial charge in [0.1, 0.15) is 0 Å². The molecule has 0 saturated carbocycles. The number of nitrogens with zero attached hydrogens (tertiary/aromatic N) is 2. The van der Waals surface area contributed by atoms with Gasteiger partial charge in [-0.25, -0.2) is 0 Å². The Bertz CT molecular complexity index is 465. The predicted octanol–water partition coefficient (Wildman–Crippen LogP) is 4.38. The molecule has 0 aromatic carbocycles. The normalized spacial score (nSPS) is 11.6. The molecule has 0 aromatic rings. The van der Waals surface area contributed by atoms with Crippen molar-refractivity contribution in [1.29, 1.82) is 0 Å². The van der Waals surface area contributed by atoms with Crippen molar-refractivity contribution in [1.82, 2.24) is 20.5 Å². The average Bonchev–Trinajstić information content (AvgIpc) is 2.79. The number of allylic oxidation sites excluding steroid dienone is 2. The van der Waals surface area contributed by atoms with Gasteiger partial charge in [0.25, 0.3) is 0 Å².